The molecule has 1 aliphatic heterocycles. The first-order valence-electron chi connectivity index (χ1n) is 7.29. The van der Waals surface area contributed by atoms with E-state index in [1.165, 1.54) is 0 Å². The van der Waals surface area contributed by atoms with E-state index in [4.69, 9.17) is 4.74 Å². The topological polar surface area (TPSA) is 32.8 Å². The van der Waals surface area contributed by atoms with Crippen molar-refractivity contribution in [3.63, 3.8) is 0 Å². The lowest BCUT2D eigenvalue weighted by Gasteiger charge is -2.46. The van der Waals surface area contributed by atoms with Crippen molar-refractivity contribution in [3.8, 4) is 0 Å². The zero-order valence-corrected chi connectivity index (χ0v) is 14.3. The molecule has 0 saturated carbocycles. The summed E-state index contributed by atoms with van der Waals surface area (Å²) < 4.78 is 5.42. The molecule has 0 N–H and O–H groups in total. The Balaban J connectivity index is 1.86. The number of benzene rings is 1. The van der Waals surface area contributed by atoms with E-state index in [0.29, 0.717) is 13.2 Å². The first-order chi connectivity index (χ1) is 10.0. The van der Waals surface area contributed by atoms with E-state index in [9.17, 15) is 4.79 Å². The Kier molecular flexibility index (Phi) is 5.65. The lowest BCUT2D eigenvalue weighted by atomic mass is 9.99. The van der Waals surface area contributed by atoms with Crippen molar-refractivity contribution in [2.45, 2.75) is 26.0 Å². The first kappa shape index (κ1) is 16.3. The largest absolute Gasteiger partial charge is 0.445 e. The van der Waals surface area contributed by atoms with Gasteiger partial charge in [0, 0.05) is 37.0 Å². The molecule has 0 unspecified atom stereocenters. The summed E-state index contributed by atoms with van der Waals surface area (Å²) in [5, 5.41) is 0.953. The third kappa shape index (κ3) is 4.45. The average molecular weight is 355 g/mol. The molecule has 1 aromatic rings. The van der Waals surface area contributed by atoms with Gasteiger partial charge in [-0.2, -0.15) is 0 Å². The molecule has 116 valence electrons. The molecular formula is C16H23BrN2O2. The molecule has 1 aromatic carbocycles. The van der Waals surface area contributed by atoms with Crippen LogP contribution in [0, 0.1) is 0 Å². The van der Waals surface area contributed by atoms with Gasteiger partial charge in [-0.25, -0.2) is 4.79 Å². The van der Waals surface area contributed by atoms with Gasteiger partial charge < -0.3 is 9.64 Å². The highest BCUT2D eigenvalue weighted by atomic mass is 79.9. The number of piperazine rings is 1. The highest BCUT2D eigenvalue weighted by Crippen LogP contribution is 2.21. The summed E-state index contributed by atoms with van der Waals surface area (Å²) in [4.78, 5) is 16.4. The monoisotopic (exact) mass is 354 g/mol. The minimum absolute atomic E-state index is 0.0161. The maximum absolute atomic E-state index is 12.2. The SMILES string of the molecule is CC1(C)CN(C(=O)OCc2ccccc2)CCN1CCBr. The molecule has 0 aromatic heterocycles. The predicted octanol–water partition coefficient (Wildman–Crippen LogP) is 3.11. The van der Waals surface area contributed by atoms with Gasteiger partial charge >= 0.3 is 6.09 Å². The van der Waals surface area contributed by atoms with Crippen LogP contribution in [0.3, 0.4) is 0 Å². The molecule has 1 fully saturated rings. The number of hydrogen-bond donors (Lipinski definition) is 0. The summed E-state index contributed by atoms with van der Waals surface area (Å²) in [6.45, 7) is 8.00. The van der Waals surface area contributed by atoms with Gasteiger partial charge in [-0.3, -0.25) is 4.90 Å². The van der Waals surface area contributed by atoms with E-state index >= 15 is 0 Å². The van der Waals surface area contributed by atoms with Crippen molar-refractivity contribution in [2.75, 3.05) is 31.5 Å². The Bertz CT molecular complexity index is 465. The Morgan fingerprint density at radius 3 is 2.62 bits per heavy atom. The number of halogens is 1. The summed E-state index contributed by atoms with van der Waals surface area (Å²) in [6, 6.07) is 9.78. The van der Waals surface area contributed by atoms with Crippen molar-refractivity contribution >= 4 is 22.0 Å². The highest BCUT2D eigenvalue weighted by Gasteiger charge is 2.35. The maximum Gasteiger partial charge on any atom is 0.410 e. The number of amides is 1. The fourth-order valence-electron chi connectivity index (χ4n) is 2.67. The van der Waals surface area contributed by atoms with Crippen LogP contribution in [0.1, 0.15) is 19.4 Å². The predicted molar refractivity (Wildman–Crippen MR) is 87.6 cm³/mol. The summed E-state index contributed by atoms with van der Waals surface area (Å²) in [7, 11) is 0. The molecule has 1 saturated heterocycles. The number of rotatable bonds is 4. The molecular weight excluding hydrogens is 332 g/mol. The minimum Gasteiger partial charge on any atom is -0.445 e. The number of nitrogens with zero attached hydrogens (tertiary/aromatic N) is 2. The van der Waals surface area contributed by atoms with Crippen LogP contribution in [0.15, 0.2) is 30.3 Å². The van der Waals surface area contributed by atoms with Crippen molar-refractivity contribution in [3.05, 3.63) is 35.9 Å². The van der Waals surface area contributed by atoms with E-state index in [1.807, 2.05) is 35.2 Å². The zero-order chi connectivity index (χ0) is 15.3. The molecule has 1 aliphatic rings. The molecule has 0 atom stereocenters. The minimum atomic E-state index is -0.217. The molecule has 0 spiro atoms. The lowest BCUT2D eigenvalue weighted by molar-refractivity contribution is 0.0151. The second-order valence-corrected chi connectivity index (χ2v) is 6.74. The van der Waals surface area contributed by atoms with E-state index in [2.05, 4.69) is 34.7 Å². The van der Waals surface area contributed by atoms with Crippen LogP contribution in [0.5, 0.6) is 0 Å². The zero-order valence-electron chi connectivity index (χ0n) is 12.7. The van der Waals surface area contributed by atoms with E-state index in [-0.39, 0.29) is 11.6 Å². The van der Waals surface area contributed by atoms with Gasteiger partial charge in [0.05, 0.1) is 0 Å². The molecule has 1 amide bonds. The maximum atomic E-state index is 12.2. The van der Waals surface area contributed by atoms with Gasteiger partial charge in [-0.05, 0) is 19.4 Å². The van der Waals surface area contributed by atoms with Crippen LogP contribution >= 0.6 is 15.9 Å². The number of carbonyl (C=O) groups is 1. The molecule has 5 heteroatoms. The van der Waals surface area contributed by atoms with Crippen molar-refractivity contribution < 1.29 is 9.53 Å². The summed E-state index contributed by atoms with van der Waals surface area (Å²) >= 11 is 3.48. The van der Waals surface area contributed by atoms with Crippen molar-refractivity contribution in [1.82, 2.24) is 9.80 Å². The Morgan fingerprint density at radius 1 is 1.29 bits per heavy atom. The normalized spacial score (nSPS) is 18.5. The summed E-state index contributed by atoms with van der Waals surface area (Å²) in [5.74, 6) is 0. The van der Waals surface area contributed by atoms with E-state index in [0.717, 1.165) is 30.5 Å². The van der Waals surface area contributed by atoms with Crippen LogP contribution in [-0.4, -0.2) is 52.9 Å². The van der Waals surface area contributed by atoms with Gasteiger partial charge in [0.1, 0.15) is 6.61 Å². The van der Waals surface area contributed by atoms with Crippen LogP contribution in [0.25, 0.3) is 0 Å². The standard InChI is InChI=1S/C16H23BrN2O2/c1-16(2)13-18(10-11-19(16)9-8-17)15(20)21-12-14-6-4-3-5-7-14/h3-7H,8-13H2,1-2H3. The number of alkyl halides is 1. The van der Waals surface area contributed by atoms with Crippen LogP contribution < -0.4 is 0 Å². The average Bonchev–Trinajstić information content (AvgIpc) is 2.47. The third-order valence-corrected chi connectivity index (χ3v) is 4.25. The number of ether oxygens (including phenoxy) is 1. The van der Waals surface area contributed by atoms with Crippen LogP contribution in [0.4, 0.5) is 4.79 Å². The Morgan fingerprint density at radius 2 is 2.00 bits per heavy atom. The lowest BCUT2D eigenvalue weighted by Crippen LogP contribution is -2.60. The van der Waals surface area contributed by atoms with Crippen LogP contribution in [-0.2, 0) is 11.3 Å². The fourth-order valence-corrected chi connectivity index (χ4v) is 3.10. The van der Waals surface area contributed by atoms with Gasteiger partial charge in [-0.1, -0.05) is 46.3 Å². The molecule has 21 heavy (non-hydrogen) atoms. The third-order valence-electron chi connectivity index (χ3n) is 3.89. The van der Waals surface area contributed by atoms with Crippen LogP contribution in [0.2, 0.25) is 0 Å². The van der Waals surface area contributed by atoms with Gasteiger partial charge in [-0.15, -0.1) is 0 Å². The number of carbonyl (C=O) groups excluding carboxylic acids is 1. The second kappa shape index (κ2) is 7.27. The molecule has 0 aliphatic carbocycles. The van der Waals surface area contributed by atoms with E-state index < -0.39 is 0 Å². The Labute approximate surface area is 135 Å². The van der Waals surface area contributed by atoms with E-state index in [1.54, 1.807) is 0 Å². The molecule has 4 nitrogen and oxygen atoms in total. The van der Waals surface area contributed by atoms with Crippen molar-refractivity contribution in [1.29, 1.82) is 0 Å². The van der Waals surface area contributed by atoms with Gasteiger partial charge in [0.25, 0.3) is 0 Å². The number of hydrogen-bond acceptors (Lipinski definition) is 3. The second-order valence-electron chi connectivity index (χ2n) is 5.95. The highest BCUT2D eigenvalue weighted by molar-refractivity contribution is 9.09. The smallest absolute Gasteiger partial charge is 0.410 e. The molecule has 2 rings (SSSR count). The Hall–Kier alpha value is -1.07. The van der Waals surface area contributed by atoms with Gasteiger partial charge in [0.2, 0.25) is 0 Å². The van der Waals surface area contributed by atoms with Crippen molar-refractivity contribution in [2.24, 2.45) is 0 Å². The molecule has 0 bridgehead atoms. The molecule has 0 radical (unpaired) electrons. The van der Waals surface area contributed by atoms with Gasteiger partial charge in [0.15, 0.2) is 0 Å². The first-order valence-corrected chi connectivity index (χ1v) is 8.42. The molecule has 1 heterocycles. The summed E-state index contributed by atoms with van der Waals surface area (Å²) in [6.07, 6.45) is -0.217. The quantitative estimate of drug-likeness (QED) is 0.778. The summed E-state index contributed by atoms with van der Waals surface area (Å²) in [5.41, 5.74) is 1.00. The fraction of sp³-hybridized carbons (Fsp3) is 0.562.